The van der Waals surface area contributed by atoms with Crippen molar-refractivity contribution in [1.82, 2.24) is 10.2 Å². The van der Waals surface area contributed by atoms with Gasteiger partial charge in [0.05, 0.1) is 11.4 Å². The average molecular weight is 270 g/mol. The molecule has 0 amide bonds. The quantitative estimate of drug-likeness (QED) is 0.737. The fourth-order valence-corrected chi connectivity index (χ4v) is 2.18. The summed E-state index contributed by atoms with van der Waals surface area (Å²) in [7, 11) is 0. The highest BCUT2D eigenvalue weighted by atomic mass is 19.1. The molecule has 20 heavy (non-hydrogen) atoms. The van der Waals surface area contributed by atoms with E-state index >= 15 is 0 Å². The van der Waals surface area contributed by atoms with Gasteiger partial charge >= 0.3 is 0 Å². The summed E-state index contributed by atoms with van der Waals surface area (Å²) in [6.45, 7) is 1.93. The van der Waals surface area contributed by atoms with Gasteiger partial charge in [-0.2, -0.15) is 5.10 Å². The minimum absolute atomic E-state index is 0.273. The van der Waals surface area contributed by atoms with E-state index in [9.17, 15) is 8.78 Å². The van der Waals surface area contributed by atoms with Gasteiger partial charge in [-0.3, -0.25) is 5.10 Å². The van der Waals surface area contributed by atoms with Gasteiger partial charge in [0.15, 0.2) is 0 Å². The second-order valence-corrected chi connectivity index (χ2v) is 4.59. The molecule has 1 heterocycles. The molecule has 3 rings (SSSR count). The van der Waals surface area contributed by atoms with Crippen LogP contribution in [0.4, 0.5) is 8.78 Å². The number of hydrogen-bond donors (Lipinski definition) is 1. The van der Waals surface area contributed by atoms with Crippen LogP contribution in [0.5, 0.6) is 0 Å². The van der Waals surface area contributed by atoms with Gasteiger partial charge in [-0.25, -0.2) is 8.78 Å². The molecule has 0 bridgehead atoms. The first kappa shape index (κ1) is 12.5. The molecule has 0 saturated carbocycles. The van der Waals surface area contributed by atoms with Crippen LogP contribution >= 0.6 is 0 Å². The molecule has 0 aliphatic heterocycles. The van der Waals surface area contributed by atoms with Crippen molar-refractivity contribution in [3.05, 3.63) is 65.7 Å². The normalized spacial score (nSPS) is 10.8. The maximum atomic E-state index is 12.9. The summed E-state index contributed by atoms with van der Waals surface area (Å²) in [6.07, 6.45) is 0. The van der Waals surface area contributed by atoms with Crippen LogP contribution in [0.1, 0.15) is 5.56 Å². The van der Waals surface area contributed by atoms with E-state index < -0.39 is 0 Å². The Morgan fingerprint density at radius 3 is 1.85 bits per heavy atom. The van der Waals surface area contributed by atoms with E-state index in [2.05, 4.69) is 10.2 Å². The zero-order valence-electron chi connectivity index (χ0n) is 10.8. The van der Waals surface area contributed by atoms with Gasteiger partial charge < -0.3 is 0 Å². The number of H-pyrrole nitrogens is 1. The Morgan fingerprint density at radius 1 is 0.800 bits per heavy atom. The highest BCUT2D eigenvalue weighted by Gasteiger charge is 2.12. The molecular formula is C16H12F2N2. The lowest BCUT2D eigenvalue weighted by Crippen LogP contribution is -1.83. The van der Waals surface area contributed by atoms with Crippen molar-refractivity contribution in [2.45, 2.75) is 6.92 Å². The summed E-state index contributed by atoms with van der Waals surface area (Å²) in [5.41, 5.74) is 4.26. The molecule has 2 aromatic carbocycles. The molecule has 100 valence electrons. The summed E-state index contributed by atoms with van der Waals surface area (Å²) in [4.78, 5) is 0. The summed E-state index contributed by atoms with van der Waals surface area (Å²) in [6, 6.07) is 12.4. The third-order valence-corrected chi connectivity index (χ3v) is 3.26. The largest absolute Gasteiger partial charge is 0.277 e. The minimum Gasteiger partial charge on any atom is -0.277 e. The van der Waals surface area contributed by atoms with Gasteiger partial charge in [0, 0.05) is 16.7 Å². The number of benzene rings is 2. The lowest BCUT2D eigenvalue weighted by atomic mass is 10.0. The lowest BCUT2D eigenvalue weighted by Gasteiger charge is -2.01. The number of aromatic nitrogens is 2. The summed E-state index contributed by atoms with van der Waals surface area (Å²) < 4.78 is 25.9. The first-order chi connectivity index (χ1) is 9.65. The molecule has 0 unspecified atom stereocenters. The van der Waals surface area contributed by atoms with Gasteiger partial charge in [0.2, 0.25) is 0 Å². The van der Waals surface area contributed by atoms with Crippen LogP contribution in [0.25, 0.3) is 22.5 Å². The average Bonchev–Trinajstić information content (AvgIpc) is 2.83. The SMILES string of the molecule is Cc1c(-c2ccc(F)cc2)n[nH]c1-c1ccc(F)cc1. The molecule has 0 aliphatic carbocycles. The third kappa shape index (κ3) is 2.20. The maximum Gasteiger partial charge on any atom is 0.123 e. The molecule has 1 aromatic heterocycles. The molecule has 0 spiro atoms. The van der Waals surface area contributed by atoms with Gasteiger partial charge in [-0.15, -0.1) is 0 Å². The molecule has 4 heteroatoms. The van der Waals surface area contributed by atoms with E-state index in [0.717, 1.165) is 28.1 Å². The Hall–Kier alpha value is -2.49. The predicted octanol–water partition coefficient (Wildman–Crippen LogP) is 4.33. The van der Waals surface area contributed by atoms with Crippen molar-refractivity contribution in [2.75, 3.05) is 0 Å². The second-order valence-electron chi connectivity index (χ2n) is 4.59. The first-order valence-electron chi connectivity index (χ1n) is 6.22. The van der Waals surface area contributed by atoms with E-state index in [-0.39, 0.29) is 11.6 Å². The van der Waals surface area contributed by atoms with Crippen molar-refractivity contribution >= 4 is 0 Å². The van der Waals surface area contributed by atoms with E-state index in [1.165, 1.54) is 24.3 Å². The number of hydrogen-bond acceptors (Lipinski definition) is 1. The van der Waals surface area contributed by atoms with Crippen LogP contribution in [0.2, 0.25) is 0 Å². The van der Waals surface area contributed by atoms with Gasteiger partial charge in [-0.05, 0) is 55.5 Å². The fourth-order valence-electron chi connectivity index (χ4n) is 2.18. The molecule has 0 fully saturated rings. The number of aromatic amines is 1. The molecular weight excluding hydrogens is 258 g/mol. The van der Waals surface area contributed by atoms with Crippen LogP contribution in [-0.4, -0.2) is 10.2 Å². The highest BCUT2D eigenvalue weighted by molar-refractivity contribution is 5.73. The molecule has 0 aliphatic rings. The lowest BCUT2D eigenvalue weighted by molar-refractivity contribution is 0.627. The molecule has 0 saturated heterocycles. The van der Waals surface area contributed by atoms with Gasteiger partial charge in [0.1, 0.15) is 11.6 Å². The first-order valence-corrected chi connectivity index (χ1v) is 6.22. The Morgan fingerprint density at radius 2 is 1.30 bits per heavy atom. The Bertz CT molecular complexity index is 665. The molecule has 0 atom stereocenters. The Kier molecular flexibility index (Phi) is 3.06. The molecule has 3 aromatic rings. The van der Waals surface area contributed by atoms with Gasteiger partial charge in [0.25, 0.3) is 0 Å². The van der Waals surface area contributed by atoms with Crippen LogP contribution in [0.3, 0.4) is 0 Å². The fraction of sp³-hybridized carbons (Fsp3) is 0.0625. The number of nitrogens with one attached hydrogen (secondary N) is 1. The van der Waals surface area contributed by atoms with E-state index in [1.807, 2.05) is 6.92 Å². The standard InChI is InChI=1S/C16H12F2N2/c1-10-15(11-2-6-13(17)7-3-11)19-20-16(10)12-4-8-14(18)9-5-12/h2-9H,1H3,(H,19,20). The van der Waals surface area contributed by atoms with Crippen LogP contribution in [-0.2, 0) is 0 Å². The summed E-state index contributed by atoms with van der Waals surface area (Å²) in [5.74, 6) is -0.551. The van der Waals surface area contributed by atoms with Crippen molar-refractivity contribution < 1.29 is 8.78 Å². The number of rotatable bonds is 2. The zero-order chi connectivity index (χ0) is 14.1. The predicted molar refractivity (Wildman–Crippen MR) is 74.1 cm³/mol. The van der Waals surface area contributed by atoms with Crippen molar-refractivity contribution in [2.24, 2.45) is 0 Å². The Labute approximate surface area is 115 Å². The Balaban J connectivity index is 2.04. The number of nitrogens with zero attached hydrogens (tertiary/aromatic N) is 1. The monoisotopic (exact) mass is 270 g/mol. The van der Waals surface area contributed by atoms with Crippen LogP contribution < -0.4 is 0 Å². The summed E-state index contributed by atoms with van der Waals surface area (Å²) in [5, 5.41) is 7.23. The smallest absolute Gasteiger partial charge is 0.123 e. The maximum absolute atomic E-state index is 12.9. The highest BCUT2D eigenvalue weighted by Crippen LogP contribution is 2.29. The summed E-state index contributed by atoms with van der Waals surface area (Å²) >= 11 is 0. The van der Waals surface area contributed by atoms with Crippen LogP contribution in [0, 0.1) is 18.6 Å². The molecule has 2 nitrogen and oxygen atoms in total. The van der Waals surface area contributed by atoms with Crippen molar-refractivity contribution in [3.63, 3.8) is 0 Å². The van der Waals surface area contributed by atoms with E-state index in [1.54, 1.807) is 24.3 Å². The van der Waals surface area contributed by atoms with E-state index in [4.69, 9.17) is 0 Å². The van der Waals surface area contributed by atoms with Crippen LogP contribution in [0.15, 0.2) is 48.5 Å². The molecule has 0 radical (unpaired) electrons. The van der Waals surface area contributed by atoms with Gasteiger partial charge in [-0.1, -0.05) is 0 Å². The van der Waals surface area contributed by atoms with E-state index in [0.29, 0.717) is 0 Å². The zero-order valence-corrected chi connectivity index (χ0v) is 10.8. The minimum atomic E-state index is -0.277. The van der Waals surface area contributed by atoms with Crippen molar-refractivity contribution in [3.8, 4) is 22.5 Å². The topological polar surface area (TPSA) is 28.7 Å². The third-order valence-electron chi connectivity index (χ3n) is 3.26. The molecule has 1 N–H and O–H groups in total. The van der Waals surface area contributed by atoms with Crippen molar-refractivity contribution in [1.29, 1.82) is 0 Å². The number of halogens is 2. The second kappa shape index (κ2) is 4.89.